The van der Waals surface area contributed by atoms with Gasteiger partial charge in [-0.2, -0.15) is 0 Å². The van der Waals surface area contributed by atoms with E-state index >= 15 is 0 Å². The van der Waals surface area contributed by atoms with Crippen LogP contribution in [-0.2, 0) is 6.54 Å². The summed E-state index contributed by atoms with van der Waals surface area (Å²) in [6, 6.07) is 11.0. The molecule has 2 N–H and O–H groups in total. The summed E-state index contributed by atoms with van der Waals surface area (Å²) in [5, 5.41) is 0. The lowest BCUT2D eigenvalue weighted by Gasteiger charge is -2.32. The summed E-state index contributed by atoms with van der Waals surface area (Å²) in [5.41, 5.74) is 1.49. The molecule has 3 rings (SSSR count). The Bertz CT molecular complexity index is 418. The van der Waals surface area contributed by atoms with Crippen molar-refractivity contribution in [2.45, 2.75) is 25.8 Å². The first kappa shape index (κ1) is 13.8. The number of hydrogen-bond acceptors (Lipinski definition) is 0. The van der Waals surface area contributed by atoms with Crippen molar-refractivity contribution in [3.05, 3.63) is 48.0 Å². The zero-order valence-electron chi connectivity index (χ0n) is 12.5. The van der Waals surface area contributed by atoms with Gasteiger partial charge in [-0.3, -0.25) is 0 Å². The van der Waals surface area contributed by atoms with E-state index in [4.69, 9.17) is 0 Å². The Labute approximate surface area is 123 Å². The highest BCUT2D eigenvalue weighted by Gasteiger charge is 2.25. The van der Waals surface area contributed by atoms with Gasteiger partial charge < -0.3 is 9.80 Å². The minimum Gasteiger partial charge on any atom is -0.325 e. The SMILES string of the molecule is C1=CCC(C[NH+]2CC[NH+](Cc3ccccc3)CC2)CC1. The maximum atomic E-state index is 2.39. The standard InChI is InChI=1S/C18H26N2/c1-3-7-17(8-4-1)15-19-11-13-20(14-12-19)16-18-9-5-2-6-10-18/h1-5,7-8,18H,6,9-16H2/p+2. The molecule has 1 fully saturated rings. The Morgan fingerprint density at radius 3 is 2.35 bits per heavy atom. The topological polar surface area (TPSA) is 8.88 Å². The molecule has 0 spiro atoms. The molecular weight excluding hydrogens is 244 g/mol. The van der Waals surface area contributed by atoms with E-state index in [0.29, 0.717) is 0 Å². The van der Waals surface area contributed by atoms with Crippen LogP contribution < -0.4 is 9.80 Å². The van der Waals surface area contributed by atoms with Gasteiger partial charge in [-0.05, 0) is 19.3 Å². The summed E-state index contributed by atoms with van der Waals surface area (Å²) in [7, 11) is 0. The maximum Gasteiger partial charge on any atom is 0.127 e. The number of rotatable bonds is 4. The largest absolute Gasteiger partial charge is 0.325 e. The maximum absolute atomic E-state index is 2.39. The van der Waals surface area contributed by atoms with Crippen molar-refractivity contribution in [3.63, 3.8) is 0 Å². The number of hydrogen-bond donors (Lipinski definition) is 2. The Balaban J connectivity index is 1.41. The molecule has 2 heteroatoms. The molecule has 1 saturated heterocycles. The third-order valence-corrected chi connectivity index (χ3v) is 4.92. The van der Waals surface area contributed by atoms with Crippen molar-refractivity contribution < 1.29 is 9.80 Å². The van der Waals surface area contributed by atoms with Crippen LogP contribution in [0.25, 0.3) is 0 Å². The zero-order valence-corrected chi connectivity index (χ0v) is 12.5. The van der Waals surface area contributed by atoms with Crippen molar-refractivity contribution in [2.75, 3.05) is 32.7 Å². The second kappa shape index (κ2) is 7.05. The molecule has 20 heavy (non-hydrogen) atoms. The molecule has 108 valence electrons. The third-order valence-electron chi connectivity index (χ3n) is 4.92. The number of benzene rings is 1. The average molecular weight is 272 g/mol. The van der Waals surface area contributed by atoms with Gasteiger partial charge in [0, 0.05) is 11.5 Å². The van der Waals surface area contributed by atoms with Crippen LogP contribution in [0, 0.1) is 5.92 Å². The van der Waals surface area contributed by atoms with Gasteiger partial charge in [0.05, 0.1) is 6.54 Å². The van der Waals surface area contributed by atoms with Crippen molar-refractivity contribution >= 4 is 0 Å². The first-order chi connectivity index (χ1) is 9.90. The van der Waals surface area contributed by atoms with Gasteiger partial charge in [0.2, 0.25) is 0 Å². The van der Waals surface area contributed by atoms with Gasteiger partial charge in [0.1, 0.15) is 32.7 Å². The van der Waals surface area contributed by atoms with Gasteiger partial charge in [0.15, 0.2) is 0 Å². The highest BCUT2D eigenvalue weighted by atomic mass is 15.3. The van der Waals surface area contributed by atoms with E-state index in [1.165, 1.54) is 64.1 Å². The molecule has 2 nitrogen and oxygen atoms in total. The van der Waals surface area contributed by atoms with Crippen LogP contribution in [0.3, 0.4) is 0 Å². The highest BCUT2D eigenvalue weighted by molar-refractivity contribution is 5.13. The smallest absolute Gasteiger partial charge is 0.127 e. The number of allylic oxidation sites excluding steroid dienone is 2. The van der Waals surface area contributed by atoms with E-state index in [1.54, 1.807) is 4.90 Å². The molecule has 0 aromatic heterocycles. The fraction of sp³-hybridized carbons (Fsp3) is 0.556. The summed E-state index contributed by atoms with van der Waals surface area (Å²) in [6.07, 6.45) is 8.80. The highest BCUT2D eigenvalue weighted by Crippen LogP contribution is 2.15. The monoisotopic (exact) mass is 272 g/mol. The summed E-state index contributed by atoms with van der Waals surface area (Å²) < 4.78 is 0. The van der Waals surface area contributed by atoms with Crippen LogP contribution in [0.4, 0.5) is 0 Å². The molecule has 1 unspecified atom stereocenters. The minimum atomic E-state index is 0.950. The van der Waals surface area contributed by atoms with Crippen LogP contribution in [0.15, 0.2) is 42.5 Å². The van der Waals surface area contributed by atoms with Crippen molar-refractivity contribution in [2.24, 2.45) is 5.92 Å². The first-order valence-electron chi connectivity index (χ1n) is 8.26. The van der Waals surface area contributed by atoms with E-state index in [-0.39, 0.29) is 0 Å². The van der Waals surface area contributed by atoms with Crippen LogP contribution >= 0.6 is 0 Å². The Morgan fingerprint density at radius 1 is 0.900 bits per heavy atom. The molecule has 1 atom stereocenters. The van der Waals surface area contributed by atoms with Crippen LogP contribution in [0.1, 0.15) is 24.8 Å². The second-order valence-corrected chi connectivity index (χ2v) is 6.52. The predicted molar refractivity (Wildman–Crippen MR) is 82.9 cm³/mol. The van der Waals surface area contributed by atoms with Gasteiger partial charge in [-0.1, -0.05) is 42.5 Å². The summed E-state index contributed by atoms with van der Waals surface area (Å²) in [4.78, 5) is 3.62. The average Bonchev–Trinajstić information content (AvgIpc) is 2.51. The normalized spacial score (nSPS) is 30.3. The van der Waals surface area contributed by atoms with Crippen LogP contribution in [0.5, 0.6) is 0 Å². The Morgan fingerprint density at radius 2 is 1.65 bits per heavy atom. The molecule has 0 radical (unpaired) electrons. The van der Waals surface area contributed by atoms with E-state index in [2.05, 4.69) is 42.5 Å². The Kier molecular flexibility index (Phi) is 4.88. The lowest BCUT2D eigenvalue weighted by molar-refractivity contribution is -1.02. The molecular formula is C18H28N2+2. The fourth-order valence-corrected chi connectivity index (χ4v) is 3.67. The fourth-order valence-electron chi connectivity index (χ4n) is 3.67. The van der Waals surface area contributed by atoms with Gasteiger partial charge in [0.25, 0.3) is 0 Å². The van der Waals surface area contributed by atoms with E-state index < -0.39 is 0 Å². The van der Waals surface area contributed by atoms with Crippen molar-refractivity contribution in [3.8, 4) is 0 Å². The lowest BCUT2D eigenvalue weighted by Crippen LogP contribution is -3.27. The molecule has 2 aliphatic rings. The minimum absolute atomic E-state index is 0.950. The summed E-state index contributed by atoms with van der Waals surface area (Å²) >= 11 is 0. The molecule has 1 aromatic carbocycles. The van der Waals surface area contributed by atoms with E-state index in [0.717, 1.165) is 5.92 Å². The van der Waals surface area contributed by atoms with Crippen molar-refractivity contribution in [1.29, 1.82) is 0 Å². The quantitative estimate of drug-likeness (QED) is 0.731. The predicted octanol–water partition coefficient (Wildman–Crippen LogP) is 0.326. The number of piperazine rings is 1. The molecule has 1 aromatic rings. The molecule has 0 amide bonds. The Hall–Kier alpha value is -1.12. The summed E-state index contributed by atoms with van der Waals surface area (Å²) in [5.74, 6) is 0.950. The van der Waals surface area contributed by atoms with Gasteiger partial charge in [-0.15, -0.1) is 0 Å². The number of nitrogens with one attached hydrogen (secondary N) is 2. The molecule has 1 heterocycles. The first-order valence-corrected chi connectivity index (χ1v) is 8.26. The van der Waals surface area contributed by atoms with Crippen LogP contribution in [-0.4, -0.2) is 32.7 Å². The van der Waals surface area contributed by atoms with Crippen molar-refractivity contribution in [1.82, 2.24) is 0 Å². The molecule has 1 aliphatic heterocycles. The van der Waals surface area contributed by atoms with E-state index in [9.17, 15) is 0 Å². The van der Waals surface area contributed by atoms with Gasteiger partial charge >= 0.3 is 0 Å². The molecule has 0 saturated carbocycles. The van der Waals surface area contributed by atoms with Crippen LogP contribution in [0.2, 0.25) is 0 Å². The zero-order chi connectivity index (χ0) is 13.6. The second-order valence-electron chi connectivity index (χ2n) is 6.52. The third kappa shape index (κ3) is 3.94. The van der Waals surface area contributed by atoms with E-state index in [1.807, 2.05) is 4.90 Å². The number of quaternary nitrogens is 2. The lowest BCUT2D eigenvalue weighted by atomic mass is 9.94. The summed E-state index contributed by atoms with van der Waals surface area (Å²) in [6.45, 7) is 8.02. The van der Waals surface area contributed by atoms with Gasteiger partial charge in [-0.25, -0.2) is 0 Å². The molecule has 0 bridgehead atoms. The molecule has 1 aliphatic carbocycles.